The first-order chi connectivity index (χ1) is 18.2. The number of likely N-dealkylation sites (tertiary alicyclic amines) is 1. The average molecular weight is 561 g/mol. The largest absolute Gasteiger partial charge is 0.352 e. The van der Waals surface area contributed by atoms with Gasteiger partial charge in [-0.3, -0.25) is 9.59 Å². The Morgan fingerprint density at radius 3 is 2.68 bits per heavy atom. The topological polar surface area (TPSA) is 97.9 Å². The highest BCUT2D eigenvalue weighted by Gasteiger charge is 2.32. The summed E-state index contributed by atoms with van der Waals surface area (Å²) in [5.41, 5.74) is 3.17. The van der Waals surface area contributed by atoms with E-state index >= 15 is 0 Å². The fourth-order valence-corrected chi connectivity index (χ4v) is 6.30. The SMILES string of the molecule is Cc1cc(Cl)nc(C)c1C(=O)NCC[C@@H](C)N1CCC(N(Cc2ccsc2)C(=O)CN2CCNC2=O)CC1. The lowest BCUT2D eigenvalue weighted by atomic mass is 10.00. The van der Waals surface area contributed by atoms with Crippen molar-refractivity contribution in [2.75, 3.05) is 39.3 Å². The van der Waals surface area contributed by atoms with Gasteiger partial charge in [-0.2, -0.15) is 11.3 Å². The fourth-order valence-electron chi connectivity index (χ4n) is 5.35. The number of urea groups is 1. The number of piperidine rings is 1. The number of carbonyl (C=O) groups excluding carboxylic acids is 3. The van der Waals surface area contributed by atoms with Crippen LogP contribution in [0, 0.1) is 13.8 Å². The van der Waals surface area contributed by atoms with Gasteiger partial charge in [0.1, 0.15) is 11.7 Å². The second-order valence-corrected chi connectivity index (χ2v) is 11.4. The number of hydrogen-bond donors (Lipinski definition) is 2. The molecule has 2 N–H and O–H groups in total. The second-order valence-electron chi connectivity index (χ2n) is 10.2. The Balaban J connectivity index is 1.28. The first-order valence-corrected chi connectivity index (χ1v) is 14.5. The summed E-state index contributed by atoms with van der Waals surface area (Å²) in [7, 11) is 0. The summed E-state index contributed by atoms with van der Waals surface area (Å²) in [6, 6.07) is 4.04. The number of nitrogens with one attached hydrogen (secondary N) is 2. The first-order valence-electron chi connectivity index (χ1n) is 13.2. The summed E-state index contributed by atoms with van der Waals surface area (Å²) < 4.78 is 0. The predicted molar refractivity (Wildman–Crippen MR) is 150 cm³/mol. The molecule has 38 heavy (non-hydrogen) atoms. The minimum atomic E-state index is -0.165. The van der Waals surface area contributed by atoms with Gasteiger partial charge in [-0.1, -0.05) is 11.6 Å². The van der Waals surface area contributed by atoms with Gasteiger partial charge in [0.25, 0.3) is 5.91 Å². The molecule has 0 unspecified atom stereocenters. The molecule has 2 fully saturated rings. The summed E-state index contributed by atoms with van der Waals surface area (Å²) in [6.07, 6.45) is 2.60. The molecule has 2 aliphatic rings. The highest BCUT2D eigenvalue weighted by Crippen LogP contribution is 2.23. The van der Waals surface area contributed by atoms with Crippen molar-refractivity contribution in [2.45, 2.75) is 58.7 Å². The van der Waals surface area contributed by atoms with Crippen molar-refractivity contribution >= 4 is 40.8 Å². The van der Waals surface area contributed by atoms with E-state index in [1.165, 1.54) is 0 Å². The molecule has 2 aromatic rings. The molecule has 4 amide bonds. The number of halogens is 1. The van der Waals surface area contributed by atoms with Crippen molar-refractivity contribution < 1.29 is 14.4 Å². The number of pyridine rings is 1. The Morgan fingerprint density at radius 2 is 2.05 bits per heavy atom. The molecule has 4 heterocycles. The normalized spacial score (nSPS) is 17.4. The Hall–Kier alpha value is -2.69. The van der Waals surface area contributed by atoms with E-state index in [0.717, 1.165) is 43.5 Å². The Kier molecular flexibility index (Phi) is 9.62. The zero-order chi connectivity index (χ0) is 27.2. The molecule has 2 saturated heterocycles. The van der Waals surface area contributed by atoms with Gasteiger partial charge in [0, 0.05) is 51.4 Å². The van der Waals surface area contributed by atoms with Gasteiger partial charge in [0.15, 0.2) is 0 Å². The fraction of sp³-hybridized carbons (Fsp3) is 0.556. The van der Waals surface area contributed by atoms with Gasteiger partial charge < -0.3 is 25.3 Å². The van der Waals surface area contributed by atoms with Crippen LogP contribution in [-0.4, -0.2) is 88.9 Å². The number of rotatable bonds is 10. The molecule has 0 aliphatic carbocycles. The van der Waals surface area contributed by atoms with Gasteiger partial charge >= 0.3 is 6.03 Å². The van der Waals surface area contributed by atoms with Crippen molar-refractivity contribution in [3.05, 3.63) is 50.4 Å². The van der Waals surface area contributed by atoms with Crippen LogP contribution in [0.15, 0.2) is 22.9 Å². The molecule has 0 aromatic carbocycles. The molecule has 11 heteroatoms. The molecule has 0 saturated carbocycles. The number of nitrogens with zero attached hydrogens (tertiary/aromatic N) is 4. The van der Waals surface area contributed by atoms with Crippen molar-refractivity contribution in [1.29, 1.82) is 0 Å². The number of aromatic nitrogens is 1. The predicted octanol–water partition coefficient (Wildman–Crippen LogP) is 3.44. The van der Waals surface area contributed by atoms with E-state index in [1.807, 2.05) is 17.2 Å². The monoisotopic (exact) mass is 560 g/mol. The lowest BCUT2D eigenvalue weighted by molar-refractivity contribution is -0.135. The van der Waals surface area contributed by atoms with Crippen LogP contribution >= 0.6 is 22.9 Å². The molecule has 206 valence electrons. The average Bonchev–Trinajstić information content (AvgIpc) is 3.53. The van der Waals surface area contributed by atoms with Gasteiger partial charge in [0.05, 0.1) is 11.3 Å². The number of carbonyl (C=O) groups is 3. The summed E-state index contributed by atoms with van der Waals surface area (Å²) in [5.74, 6) is -0.117. The Bertz CT molecular complexity index is 1110. The van der Waals surface area contributed by atoms with Crippen LogP contribution in [0.25, 0.3) is 0 Å². The molecule has 9 nitrogen and oxygen atoms in total. The van der Waals surface area contributed by atoms with Crippen molar-refractivity contribution in [3.63, 3.8) is 0 Å². The van der Waals surface area contributed by atoms with Crippen LogP contribution in [0.1, 0.15) is 53.4 Å². The summed E-state index contributed by atoms with van der Waals surface area (Å²) >= 11 is 7.62. The highest BCUT2D eigenvalue weighted by atomic mass is 35.5. The zero-order valence-corrected chi connectivity index (χ0v) is 23.9. The minimum absolute atomic E-state index is 0.00439. The summed E-state index contributed by atoms with van der Waals surface area (Å²) in [4.78, 5) is 48.3. The maximum Gasteiger partial charge on any atom is 0.317 e. The second kappa shape index (κ2) is 12.9. The van der Waals surface area contributed by atoms with E-state index in [9.17, 15) is 14.4 Å². The molecule has 2 aliphatic heterocycles. The molecule has 4 rings (SSSR count). The van der Waals surface area contributed by atoms with Crippen molar-refractivity contribution in [2.24, 2.45) is 0 Å². The van der Waals surface area contributed by atoms with Gasteiger partial charge in [-0.15, -0.1) is 0 Å². The van der Waals surface area contributed by atoms with E-state index in [1.54, 1.807) is 29.2 Å². The molecule has 1 atom stereocenters. The van der Waals surface area contributed by atoms with Crippen molar-refractivity contribution in [1.82, 2.24) is 30.3 Å². The molecular weight excluding hydrogens is 524 g/mol. The lowest BCUT2D eigenvalue weighted by Gasteiger charge is -2.41. The van der Waals surface area contributed by atoms with E-state index in [4.69, 9.17) is 11.6 Å². The quantitative estimate of drug-likeness (QED) is 0.434. The smallest absolute Gasteiger partial charge is 0.317 e. The maximum atomic E-state index is 13.3. The molecule has 2 aromatic heterocycles. The molecule has 0 radical (unpaired) electrons. The standard InChI is InChI=1S/C27H37ClN6O3S/c1-18-14-23(28)31-20(3)25(18)26(36)29-8-4-19(2)32-10-5-22(6-11-32)34(15-21-7-13-38-17-21)24(35)16-33-12-9-30-27(33)37/h7,13-14,17,19,22H,4-6,8-12,15-16H2,1-3H3,(H,29,36)(H,30,37)/t19-/m1/s1. The van der Waals surface area contributed by atoms with Crippen LogP contribution in [0.3, 0.4) is 0 Å². The maximum absolute atomic E-state index is 13.3. The van der Waals surface area contributed by atoms with Gasteiger partial charge in [-0.25, -0.2) is 9.78 Å². The third-order valence-electron chi connectivity index (χ3n) is 7.53. The molecular formula is C27H37ClN6O3S. The lowest BCUT2D eigenvalue weighted by Crippen LogP contribution is -2.51. The molecule has 0 spiro atoms. The van der Waals surface area contributed by atoms with Gasteiger partial charge in [0.2, 0.25) is 5.91 Å². The Labute approximate surface area is 233 Å². The number of hydrogen-bond acceptors (Lipinski definition) is 6. The Morgan fingerprint density at radius 1 is 1.29 bits per heavy atom. The zero-order valence-electron chi connectivity index (χ0n) is 22.3. The highest BCUT2D eigenvalue weighted by molar-refractivity contribution is 7.07. The molecule has 0 bridgehead atoms. The third kappa shape index (κ3) is 7.03. The van der Waals surface area contributed by atoms with Crippen LogP contribution in [0.5, 0.6) is 0 Å². The number of amides is 4. The van der Waals surface area contributed by atoms with E-state index < -0.39 is 0 Å². The summed E-state index contributed by atoms with van der Waals surface area (Å²) in [5, 5.41) is 10.3. The van der Waals surface area contributed by atoms with E-state index in [0.29, 0.717) is 48.6 Å². The van der Waals surface area contributed by atoms with Crippen molar-refractivity contribution in [3.8, 4) is 0 Å². The van der Waals surface area contributed by atoms with E-state index in [-0.39, 0.29) is 30.4 Å². The minimum Gasteiger partial charge on any atom is -0.352 e. The van der Waals surface area contributed by atoms with E-state index in [2.05, 4.69) is 38.9 Å². The third-order valence-corrected chi connectivity index (χ3v) is 8.45. The van der Waals surface area contributed by atoms with Crippen LogP contribution in [-0.2, 0) is 11.3 Å². The first kappa shape index (κ1) is 28.3. The number of aryl methyl sites for hydroxylation is 2. The van der Waals surface area contributed by atoms with Gasteiger partial charge in [-0.05, 0) is 74.1 Å². The number of thiophene rings is 1. The van der Waals surface area contributed by atoms with Crippen LogP contribution < -0.4 is 10.6 Å². The van der Waals surface area contributed by atoms with Crippen LogP contribution in [0.2, 0.25) is 5.15 Å². The van der Waals surface area contributed by atoms with Crippen LogP contribution in [0.4, 0.5) is 4.79 Å². The summed E-state index contributed by atoms with van der Waals surface area (Å²) in [6.45, 7) is 10.0.